The highest BCUT2D eigenvalue weighted by atomic mass is 19.4. The minimum absolute atomic E-state index is 0.115. The summed E-state index contributed by atoms with van der Waals surface area (Å²) in [7, 11) is 0. The topological polar surface area (TPSA) is 58.2 Å². The predicted octanol–water partition coefficient (Wildman–Crippen LogP) is 3.51. The number of benzene rings is 2. The fraction of sp³-hybridized carbons (Fsp3) is 0.125. The minimum Gasteiger partial charge on any atom is -0.343 e. The first kappa shape index (κ1) is 18.4. The molecule has 9 heteroatoms. The van der Waals surface area contributed by atoms with Crippen LogP contribution in [-0.4, -0.2) is 24.5 Å². The lowest BCUT2D eigenvalue weighted by Crippen LogP contribution is -2.34. The van der Waals surface area contributed by atoms with Gasteiger partial charge >= 0.3 is 6.18 Å². The Morgan fingerprint density at radius 3 is 2.24 bits per heavy atom. The number of anilines is 1. The number of nitrogens with one attached hydrogen (secondary N) is 2. The predicted molar refractivity (Wildman–Crippen MR) is 79.1 cm³/mol. The number of hydrogen-bond donors (Lipinski definition) is 2. The van der Waals surface area contributed by atoms with Crippen molar-refractivity contribution in [1.82, 2.24) is 5.32 Å². The van der Waals surface area contributed by atoms with Crippen LogP contribution in [0.3, 0.4) is 0 Å². The molecule has 2 rings (SSSR count). The van der Waals surface area contributed by atoms with E-state index < -0.39 is 41.7 Å². The average Bonchev–Trinajstić information content (AvgIpc) is 2.52. The maximum absolute atomic E-state index is 13.6. The Bertz CT molecular complexity index is 805. The molecule has 0 fully saturated rings. The van der Waals surface area contributed by atoms with Crippen molar-refractivity contribution in [2.45, 2.75) is 6.18 Å². The van der Waals surface area contributed by atoms with E-state index >= 15 is 0 Å². The molecule has 0 unspecified atom stereocenters. The molecule has 25 heavy (non-hydrogen) atoms. The molecule has 0 aliphatic rings. The maximum atomic E-state index is 13.6. The highest BCUT2D eigenvalue weighted by Crippen LogP contribution is 2.19. The number of para-hydroxylation sites is 1. The SMILES string of the molecule is O=C(Nc1ccccc1C(=O)NCC(F)(F)F)c1ccc(F)cc1F. The molecule has 0 aromatic heterocycles. The van der Waals surface area contributed by atoms with Crippen LogP contribution < -0.4 is 10.6 Å². The zero-order valence-electron chi connectivity index (χ0n) is 12.5. The molecule has 0 heterocycles. The summed E-state index contributed by atoms with van der Waals surface area (Å²) in [6.07, 6.45) is -4.59. The summed E-state index contributed by atoms with van der Waals surface area (Å²) >= 11 is 0. The van der Waals surface area contributed by atoms with E-state index in [0.29, 0.717) is 6.07 Å². The Labute approximate surface area is 138 Å². The molecule has 0 bridgehead atoms. The molecule has 0 aliphatic carbocycles. The first-order valence-corrected chi connectivity index (χ1v) is 6.88. The number of amides is 2. The van der Waals surface area contributed by atoms with Crippen LogP contribution in [0.4, 0.5) is 27.6 Å². The molecule has 2 N–H and O–H groups in total. The van der Waals surface area contributed by atoms with E-state index in [0.717, 1.165) is 12.1 Å². The largest absolute Gasteiger partial charge is 0.405 e. The van der Waals surface area contributed by atoms with Crippen molar-refractivity contribution >= 4 is 17.5 Å². The van der Waals surface area contributed by atoms with Crippen LogP contribution in [-0.2, 0) is 0 Å². The Kier molecular flexibility index (Phi) is 5.35. The van der Waals surface area contributed by atoms with Gasteiger partial charge in [0.2, 0.25) is 0 Å². The van der Waals surface area contributed by atoms with E-state index in [1.807, 2.05) is 0 Å². The molecule has 0 aliphatic heterocycles. The molecule has 132 valence electrons. The standard InChI is InChI=1S/C16H11F5N2O2/c17-9-5-6-10(12(18)7-9)15(25)23-13-4-2-1-3-11(13)14(24)22-8-16(19,20)21/h1-7H,8H2,(H,22,24)(H,23,25). The molecule has 0 spiro atoms. The summed E-state index contributed by atoms with van der Waals surface area (Å²) in [6.45, 7) is -1.54. The van der Waals surface area contributed by atoms with Gasteiger partial charge in [0.05, 0.1) is 16.8 Å². The van der Waals surface area contributed by atoms with Crippen LogP contribution in [0.25, 0.3) is 0 Å². The molecular formula is C16H11F5N2O2. The number of alkyl halides is 3. The summed E-state index contributed by atoms with van der Waals surface area (Å²) in [4.78, 5) is 23.9. The normalized spacial score (nSPS) is 11.1. The summed E-state index contributed by atoms with van der Waals surface area (Å²) in [5.41, 5.74) is -0.828. The fourth-order valence-corrected chi connectivity index (χ4v) is 1.93. The van der Waals surface area contributed by atoms with Crippen LogP contribution in [0.5, 0.6) is 0 Å². The molecule has 0 atom stereocenters. The summed E-state index contributed by atoms with van der Waals surface area (Å²) in [5, 5.41) is 3.89. The van der Waals surface area contributed by atoms with Crippen LogP contribution in [0.15, 0.2) is 42.5 Å². The maximum Gasteiger partial charge on any atom is 0.405 e. The third-order valence-corrected chi connectivity index (χ3v) is 3.05. The van der Waals surface area contributed by atoms with Gasteiger partial charge in [-0.1, -0.05) is 12.1 Å². The van der Waals surface area contributed by atoms with Gasteiger partial charge in [0.1, 0.15) is 18.2 Å². The lowest BCUT2D eigenvalue weighted by atomic mass is 10.1. The average molecular weight is 358 g/mol. The summed E-state index contributed by atoms with van der Waals surface area (Å²) < 4.78 is 63.0. The Balaban J connectivity index is 2.20. The van der Waals surface area contributed by atoms with Gasteiger partial charge in [-0.3, -0.25) is 9.59 Å². The van der Waals surface area contributed by atoms with Gasteiger partial charge in [-0.05, 0) is 24.3 Å². The van der Waals surface area contributed by atoms with Crippen LogP contribution >= 0.6 is 0 Å². The van der Waals surface area contributed by atoms with Gasteiger partial charge in [0.15, 0.2) is 0 Å². The Hall–Kier alpha value is -2.97. The number of rotatable bonds is 4. The molecular weight excluding hydrogens is 347 g/mol. The lowest BCUT2D eigenvalue weighted by Gasteiger charge is -2.13. The van der Waals surface area contributed by atoms with Crippen molar-refractivity contribution in [1.29, 1.82) is 0 Å². The number of hydrogen-bond acceptors (Lipinski definition) is 2. The zero-order chi connectivity index (χ0) is 18.6. The van der Waals surface area contributed by atoms with Crippen molar-refractivity contribution in [3.8, 4) is 0 Å². The van der Waals surface area contributed by atoms with Gasteiger partial charge in [-0.15, -0.1) is 0 Å². The van der Waals surface area contributed by atoms with E-state index in [1.54, 1.807) is 5.32 Å². The zero-order valence-corrected chi connectivity index (χ0v) is 12.5. The van der Waals surface area contributed by atoms with E-state index in [2.05, 4.69) is 5.32 Å². The van der Waals surface area contributed by atoms with E-state index in [-0.39, 0.29) is 11.3 Å². The molecule has 0 saturated heterocycles. The Morgan fingerprint density at radius 1 is 0.920 bits per heavy atom. The third-order valence-electron chi connectivity index (χ3n) is 3.05. The second-order valence-corrected chi connectivity index (χ2v) is 4.92. The quantitative estimate of drug-likeness (QED) is 0.822. The summed E-state index contributed by atoms with van der Waals surface area (Å²) in [6, 6.07) is 7.57. The fourth-order valence-electron chi connectivity index (χ4n) is 1.93. The third kappa shape index (κ3) is 5.00. The number of halogens is 5. The van der Waals surface area contributed by atoms with Crippen LogP contribution in [0, 0.1) is 11.6 Å². The molecule has 2 aromatic rings. The highest BCUT2D eigenvalue weighted by molar-refractivity contribution is 6.09. The minimum atomic E-state index is -4.59. The second kappa shape index (κ2) is 7.29. The van der Waals surface area contributed by atoms with Gasteiger partial charge in [-0.2, -0.15) is 13.2 Å². The van der Waals surface area contributed by atoms with E-state index in [4.69, 9.17) is 0 Å². The lowest BCUT2D eigenvalue weighted by molar-refractivity contribution is -0.123. The molecule has 0 radical (unpaired) electrons. The van der Waals surface area contributed by atoms with Crippen molar-refractivity contribution in [2.24, 2.45) is 0 Å². The van der Waals surface area contributed by atoms with E-state index in [1.165, 1.54) is 24.3 Å². The van der Waals surface area contributed by atoms with Gasteiger partial charge in [-0.25, -0.2) is 8.78 Å². The molecule has 2 amide bonds. The van der Waals surface area contributed by atoms with Crippen molar-refractivity contribution in [3.05, 3.63) is 65.2 Å². The van der Waals surface area contributed by atoms with Crippen molar-refractivity contribution in [3.63, 3.8) is 0 Å². The number of carbonyl (C=O) groups excluding carboxylic acids is 2. The van der Waals surface area contributed by atoms with Crippen molar-refractivity contribution < 1.29 is 31.5 Å². The van der Waals surface area contributed by atoms with E-state index in [9.17, 15) is 31.5 Å². The highest BCUT2D eigenvalue weighted by Gasteiger charge is 2.28. The smallest absolute Gasteiger partial charge is 0.343 e. The van der Waals surface area contributed by atoms with Crippen LogP contribution in [0.1, 0.15) is 20.7 Å². The monoisotopic (exact) mass is 358 g/mol. The van der Waals surface area contributed by atoms with Gasteiger partial charge < -0.3 is 10.6 Å². The summed E-state index contributed by atoms with van der Waals surface area (Å²) in [5.74, 6) is -4.03. The first-order chi connectivity index (χ1) is 11.7. The Morgan fingerprint density at radius 2 is 1.60 bits per heavy atom. The second-order valence-electron chi connectivity index (χ2n) is 4.92. The molecule has 0 saturated carbocycles. The first-order valence-electron chi connectivity index (χ1n) is 6.88. The van der Waals surface area contributed by atoms with Gasteiger partial charge in [0, 0.05) is 6.07 Å². The van der Waals surface area contributed by atoms with Crippen LogP contribution in [0.2, 0.25) is 0 Å². The number of carbonyl (C=O) groups is 2. The molecule has 2 aromatic carbocycles. The van der Waals surface area contributed by atoms with Gasteiger partial charge in [0.25, 0.3) is 11.8 Å². The van der Waals surface area contributed by atoms with Crippen molar-refractivity contribution in [2.75, 3.05) is 11.9 Å². The molecule has 4 nitrogen and oxygen atoms in total.